The van der Waals surface area contributed by atoms with Crippen LogP contribution in [0.1, 0.15) is 15.9 Å². The highest BCUT2D eigenvalue weighted by molar-refractivity contribution is 6.17. The number of methoxy groups -OCH3 is 1. The molecule has 0 bridgehead atoms. The number of benzene rings is 3. The number of rotatable bonds is 4. The van der Waals surface area contributed by atoms with Crippen LogP contribution < -0.4 is 15.0 Å². The number of carbonyl (C=O) groups excluding carboxylic acids is 1. The van der Waals surface area contributed by atoms with Gasteiger partial charge in [0.2, 0.25) is 5.66 Å². The number of carbonyl (C=O) groups is 2. The lowest BCUT2D eigenvalue weighted by Gasteiger charge is -2.45. The molecule has 4 rings (SSSR count). The number of carboxylic acids is 1. The van der Waals surface area contributed by atoms with Crippen molar-refractivity contribution in [1.29, 1.82) is 0 Å². The molecule has 2 N–H and O–H groups in total. The van der Waals surface area contributed by atoms with Gasteiger partial charge in [-0.25, -0.2) is 4.79 Å². The number of carboxylic acid groups (broad SMARTS) is 1. The first kappa shape index (κ1) is 17.6. The number of hydrogen-bond donors (Lipinski definition) is 2. The first-order chi connectivity index (χ1) is 13.6. The standard InChI is InChI=1S/C22H18N2O4/c1-28-19-14-8-7-13-18(19)24-20(25)16-11-5-6-12-17(16)23-22(24,21(26)27)15-9-3-2-4-10-15/h2-14,23H,1H3,(H,26,27). The van der Waals surface area contributed by atoms with Crippen LogP contribution in [-0.4, -0.2) is 24.1 Å². The van der Waals surface area contributed by atoms with Gasteiger partial charge in [0.15, 0.2) is 0 Å². The first-order valence-corrected chi connectivity index (χ1v) is 8.73. The minimum atomic E-state index is -1.83. The SMILES string of the molecule is COc1ccccc1N1C(=O)c2ccccc2NC1(C(=O)O)c1ccccc1. The molecule has 0 saturated heterocycles. The number of amides is 1. The molecular formula is C22H18N2O4. The average molecular weight is 374 g/mol. The molecule has 0 spiro atoms. The minimum absolute atomic E-state index is 0.364. The van der Waals surface area contributed by atoms with Gasteiger partial charge in [-0.1, -0.05) is 54.6 Å². The van der Waals surface area contributed by atoms with Crippen molar-refractivity contribution in [3.05, 3.63) is 90.0 Å². The quantitative estimate of drug-likeness (QED) is 0.728. The molecule has 0 saturated carbocycles. The van der Waals surface area contributed by atoms with Crippen molar-refractivity contribution in [2.24, 2.45) is 0 Å². The zero-order valence-electron chi connectivity index (χ0n) is 15.1. The van der Waals surface area contributed by atoms with E-state index in [1.54, 1.807) is 78.9 Å². The number of anilines is 2. The molecule has 0 aliphatic carbocycles. The summed E-state index contributed by atoms with van der Waals surface area (Å²) in [6, 6.07) is 22.4. The van der Waals surface area contributed by atoms with Crippen molar-refractivity contribution >= 4 is 23.3 Å². The van der Waals surface area contributed by atoms with Gasteiger partial charge in [-0.3, -0.25) is 9.69 Å². The second-order valence-electron chi connectivity index (χ2n) is 6.36. The summed E-state index contributed by atoms with van der Waals surface area (Å²) in [7, 11) is 1.49. The largest absolute Gasteiger partial charge is 0.495 e. The number of ether oxygens (including phenoxy) is 1. The Hall–Kier alpha value is -3.80. The lowest BCUT2D eigenvalue weighted by atomic mass is 9.91. The lowest BCUT2D eigenvalue weighted by Crippen LogP contribution is -2.62. The van der Waals surface area contributed by atoms with Gasteiger partial charge in [-0.05, 0) is 24.3 Å². The molecule has 1 unspecified atom stereocenters. The zero-order chi connectivity index (χ0) is 19.7. The molecule has 0 radical (unpaired) electrons. The zero-order valence-corrected chi connectivity index (χ0v) is 15.1. The smallest absolute Gasteiger partial charge is 0.356 e. The number of para-hydroxylation sites is 3. The fourth-order valence-electron chi connectivity index (χ4n) is 3.56. The van der Waals surface area contributed by atoms with Crippen LogP contribution in [0.2, 0.25) is 0 Å². The van der Waals surface area contributed by atoms with E-state index in [0.717, 1.165) is 0 Å². The average Bonchev–Trinajstić information content (AvgIpc) is 2.74. The van der Waals surface area contributed by atoms with Gasteiger partial charge in [-0.15, -0.1) is 0 Å². The first-order valence-electron chi connectivity index (χ1n) is 8.73. The van der Waals surface area contributed by atoms with Crippen molar-refractivity contribution in [2.45, 2.75) is 5.66 Å². The summed E-state index contributed by atoms with van der Waals surface area (Å²) < 4.78 is 5.43. The van der Waals surface area contributed by atoms with E-state index in [1.807, 2.05) is 0 Å². The van der Waals surface area contributed by atoms with Gasteiger partial charge >= 0.3 is 5.97 Å². The van der Waals surface area contributed by atoms with Gasteiger partial charge < -0.3 is 15.2 Å². The number of fused-ring (bicyclic) bond motifs is 1. The summed E-state index contributed by atoms with van der Waals surface area (Å²) in [5.41, 5.74) is -0.188. The van der Waals surface area contributed by atoms with Crippen LogP contribution in [-0.2, 0) is 10.5 Å². The van der Waals surface area contributed by atoms with E-state index in [0.29, 0.717) is 28.3 Å². The van der Waals surface area contributed by atoms with E-state index >= 15 is 0 Å². The van der Waals surface area contributed by atoms with Gasteiger partial charge in [0.1, 0.15) is 5.75 Å². The summed E-state index contributed by atoms with van der Waals surface area (Å²) >= 11 is 0. The summed E-state index contributed by atoms with van der Waals surface area (Å²) in [5, 5.41) is 13.5. The Kier molecular flexibility index (Phi) is 4.24. The topological polar surface area (TPSA) is 78.9 Å². The van der Waals surface area contributed by atoms with Crippen LogP contribution in [0, 0.1) is 0 Å². The van der Waals surface area contributed by atoms with Gasteiger partial charge in [0.05, 0.1) is 18.4 Å². The maximum Gasteiger partial charge on any atom is 0.356 e. The molecule has 1 amide bonds. The summed E-state index contributed by atoms with van der Waals surface area (Å²) in [5.74, 6) is -1.23. The molecular weight excluding hydrogens is 356 g/mol. The van der Waals surface area contributed by atoms with E-state index in [4.69, 9.17) is 4.74 Å². The van der Waals surface area contributed by atoms with Crippen molar-refractivity contribution < 1.29 is 19.4 Å². The normalized spacial score (nSPS) is 18.2. The summed E-state index contributed by atoms with van der Waals surface area (Å²) in [4.78, 5) is 27.5. The Balaban J connectivity index is 2.06. The number of aliphatic carboxylic acids is 1. The Labute approximate surface area is 162 Å². The Morgan fingerprint density at radius 1 is 0.964 bits per heavy atom. The third-order valence-corrected chi connectivity index (χ3v) is 4.84. The number of nitrogens with zero attached hydrogens (tertiary/aromatic N) is 1. The summed E-state index contributed by atoms with van der Waals surface area (Å²) in [6.07, 6.45) is 0. The number of nitrogens with one attached hydrogen (secondary N) is 1. The van der Waals surface area contributed by atoms with Crippen LogP contribution in [0.5, 0.6) is 5.75 Å². The molecule has 0 aromatic heterocycles. The van der Waals surface area contributed by atoms with Gasteiger partial charge in [0, 0.05) is 11.3 Å². The van der Waals surface area contributed by atoms with E-state index in [2.05, 4.69) is 5.32 Å². The maximum absolute atomic E-state index is 13.5. The van der Waals surface area contributed by atoms with Gasteiger partial charge in [0.25, 0.3) is 5.91 Å². The van der Waals surface area contributed by atoms with E-state index in [1.165, 1.54) is 12.0 Å². The molecule has 1 atom stereocenters. The lowest BCUT2D eigenvalue weighted by molar-refractivity contribution is -0.142. The predicted octanol–water partition coefficient (Wildman–Crippen LogP) is 3.71. The summed E-state index contributed by atoms with van der Waals surface area (Å²) in [6.45, 7) is 0. The molecule has 1 aliphatic rings. The fourth-order valence-corrected chi connectivity index (χ4v) is 3.56. The molecule has 1 heterocycles. The van der Waals surface area contributed by atoms with Gasteiger partial charge in [-0.2, -0.15) is 0 Å². The highest BCUT2D eigenvalue weighted by Gasteiger charge is 2.53. The maximum atomic E-state index is 13.5. The molecule has 140 valence electrons. The minimum Gasteiger partial charge on any atom is -0.495 e. The molecule has 6 heteroatoms. The van der Waals surface area contributed by atoms with Crippen LogP contribution in [0.3, 0.4) is 0 Å². The van der Waals surface area contributed by atoms with Crippen molar-refractivity contribution in [3.63, 3.8) is 0 Å². The van der Waals surface area contributed by atoms with E-state index < -0.39 is 17.5 Å². The molecule has 28 heavy (non-hydrogen) atoms. The van der Waals surface area contributed by atoms with E-state index in [-0.39, 0.29) is 0 Å². The Bertz CT molecular complexity index is 1050. The van der Waals surface area contributed by atoms with E-state index in [9.17, 15) is 14.7 Å². The van der Waals surface area contributed by atoms with Crippen molar-refractivity contribution in [3.8, 4) is 5.75 Å². The molecule has 6 nitrogen and oxygen atoms in total. The Morgan fingerprint density at radius 3 is 2.32 bits per heavy atom. The van der Waals surface area contributed by atoms with Crippen LogP contribution >= 0.6 is 0 Å². The molecule has 1 aliphatic heterocycles. The second kappa shape index (κ2) is 6.74. The van der Waals surface area contributed by atoms with Crippen molar-refractivity contribution in [1.82, 2.24) is 0 Å². The fraction of sp³-hybridized carbons (Fsp3) is 0.0909. The molecule has 3 aromatic rings. The predicted molar refractivity (Wildman–Crippen MR) is 106 cm³/mol. The highest BCUT2D eigenvalue weighted by atomic mass is 16.5. The highest BCUT2D eigenvalue weighted by Crippen LogP contribution is 2.44. The Morgan fingerprint density at radius 2 is 1.61 bits per heavy atom. The monoisotopic (exact) mass is 374 g/mol. The third-order valence-electron chi connectivity index (χ3n) is 4.84. The molecule has 0 fully saturated rings. The molecule has 3 aromatic carbocycles. The second-order valence-corrected chi connectivity index (χ2v) is 6.36. The third kappa shape index (κ3) is 2.50. The van der Waals surface area contributed by atoms with Crippen LogP contribution in [0.4, 0.5) is 11.4 Å². The van der Waals surface area contributed by atoms with Crippen LogP contribution in [0.15, 0.2) is 78.9 Å². The number of hydrogen-bond acceptors (Lipinski definition) is 4. The van der Waals surface area contributed by atoms with Crippen molar-refractivity contribution in [2.75, 3.05) is 17.3 Å². The van der Waals surface area contributed by atoms with Crippen LogP contribution in [0.25, 0.3) is 0 Å².